The van der Waals surface area contributed by atoms with Gasteiger partial charge in [0.05, 0.1) is 13.2 Å². The van der Waals surface area contributed by atoms with Crippen LogP contribution in [-0.4, -0.2) is 50.3 Å². The zero-order chi connectivity index (χ0) is 11.6. The molecule has 1 aliphatic heterocycles. The van der Waals surface area contributed by atoms with E-state index in [1.807, 2.05) is 0 Å². The first kappa shape index (κ1) is 11.9. The van der Waals surface area contributed by atoms with Crippen molar-refractivity contribution >= 4 is 0 Å². The highest BCUT2D eigenvalue weighted by Gasteiger charge is 2.37. The van der Waals surface area contributed by atoms with E-state index in [0.29, 0.717) is 5.41 Å². The highest BCUT2D eigenvalue weighted by molar-refractivity contribution is 4.92. The number of morpholine rings is 1. The van der Waals surface area contributed by atoms with Crippen molar-refractivity contribution in [2.45, 2.75) is 44.6 Å². The van der Waals surface area contributed by atoms with Gasteiger partial charge >= 0.3 is 0 Å². The van der Waals surface area contributed by atoms with Crippen LogP contribution in [-0.2, 0) is 4.74 Å². The minimum Gasteiger partial charge on any atom is -0.379 e. The van der Waals surface area contributed by atoms with Crippen molar-refractivity contribution in [2.24, 2.45) is 5.41 Å². The maximum Gasteiger partial charge on any atom is 0.0594 e. The van der Waals surface area contributed by atoms with E-state index in [1.54, 1.807) is 0 Å². The first-order valence-corrected chi connectivity index (χ1v) is 7.40. The maximum atomic E-state index is 5.45. The molecule has 2 aliphatic carbocycles. The summed E-state index contributed by atoms with van der Waals surface area (Å²) in [6.07, 6.45) is 8.57. The van der Waals surface area contributed by atoms with Crippen LogP contribution in [0.15, 0.2) is 0 Å². The Morgan fingerprint density at radius 3 is 2.47 bits per heavy atom. The zero-order valence-electron chi connectivity index (χ0n) is 10.9. The van der Waals surface area contributed by atoms with E-state index in [2.05, 4.69) is 10.2 Å². The van der Waals surface area contributed by atoms with Crippen molar-refractivity contribution in [2.75, 3.05) is 39.4 Å². The summed E-state index contributed by atoms with van der Waals surface area (Å²) in [5.41, 5.74) is 0.583. The van der Waals surface area contributed by atoms with Crippen molar-refractivity contribution in [3.05, 3.63) is 0 Å². The number of nitrogens with one attached hydrogen (secondary N) is 1. The molecule has 0 aromatic carbocycles. The van der Waals surface area contributed by atoms with Gasteiger partial charge in [0.2, 0.25) is 0 Å². The normalized spacial score (nSPS) is 29.6. The van der Waals surface area contributed by atoms with E-state index >= 15 is 0 Å². The third-order valence-corrected chi connectivity index (χ3v) is 4.67. The van der Waals surface area contributed by atoms with Crippen LogP contribution in [0.3, 0.4) is 0 Å². The SMILES string of the molecule is C1CCC(CNC2CC2)(CN2CCOCC2)C1. The first-order valence-electron chi connectivity index (χ1n) is 7.40. The minimum absolute atomic E-state index is 0.583. The Kier molecular flexibility index (Phi) is 3.69. The summed E-state index contributed by atoms with van der Waals surface area (Å²) in [5.74, 6) is 0. The van der Waals surface area contributed by atoms with E-state index < -0.39 is 0 Å². The van der Waals surface area contributed by atoms with Gasteiger partial charge in [-0.05, 0) is 31.1 Å². The Labute approximate surface area is 105 Å². The molecule has 0 aromatic heterocycles. The summed E-state index contributed by atoms with van der Waals surface area (Å²) in [6.45, 7) is 6.72. The molecule has 2 saturated carbocycles. The van der Waals surface area contributed by atoms with E-state index in [9.17, 15) is 0 Å². The van der Waals surface area contributed by atoms with Gasteiger partial charge in [-0.2, -0.15) is 0 Å². The number of nitrogens with zero attached hydrogens (tertiary/aromatic N) is 1. The van der Waals surface area contributed by atoms with E-state index in [0.717, 1.165) is 32.3 Å². The Hall–Kier alpha value is -0.120. The van der Waals surface area contributed by atoms with Crippen molar-refractivity contribution in [1.82, 2.24) is 10.2 Å². The van der Waals surface area contributed by atoms with Crippen LogP contribution < -0.4 is 5.32 Å². The standard InChI is InChI=1S/C14H26N2O/c1-2-6-14(5-1,11-15-13-3-4-13)12-16-7-9-17-10-8-16/h13,15H,1-12H2. The molecular formula is C14H26N2O. The zero-order valence-corrected chi connectivity index (χ0v) is 10.9. The Morgan fingerprint density at radius 2 is 1.82 bits per heavy atom. The van der Waals surface area contributed by atoms with E-state index in [1.165, 1.54) is 51.6 Å². The van der Waals surface area contributed by atoms with Crippen LogP contribution in [0.4, 0.5) is 0 Å². The lowest BCUT2D eigenvalue weighted by molar-refractivity contribution is 0.0164. The molecule has 3 aliphatic rings. The minimum atomic E-state index is 0.583. The second-order valence-electron chi connectivity index (χ2n) is 6.25. The molecule has 3 nitrogen and oxygen atoms in total. The average molecular weight is 238 g/mol. The van der Waals surface area contributed by atoms with Gasteiger partial charge in [0.15, 0.2) is 0 Å². The predicted molar refractivity (Wildman–Crippen MR) is 69.2 cm³/mol. The number of ether oxygens (including phenoxy) is 1. The molecule has 17 heavy (non-hydrogen) atoms. The summed E-state index contributed by atoms with van der Waals surface area (Å²) in [4.78, 5) is 2.63. The van der Waals surface area contributed by atoms with Crippen LogP contribution in [0.5, 0.6) is 0 Å². The van der Waals surface area contributed by atoms with Gasteiger partial charge in [-0.1, -0.05) is 12.8 Å². The van der Waals surface area contributed by atoms with Gasteiger partial charge in [-0.3, -0.25) is 4.90 Å². The summed E-state index contributed by atoms with van der Waals surface area (Å²) in [7, 11) is 0. The van der Waals surface area contributed by atoms with Gasteiger partial charge in [0, 0.05) is 32.2 Å². The molecule has 0 radical (unpaired) electrons. The molecule has 0 atom stereocenters. The Morgan fingerprint density at radius 1 is 1.12 bits per heavy atom. The Bertz CT molecular complexity index is 241. The molecule has 3 rings (SSSR count). The van der Waals surface area contributed by atoms with Crippen molar-refractivity contribution in [3.63, 3.8) is 0 Å². The Balaban J connectivity index is 1.53. The first-order chi connectivity index (χ1) is 8.36. The molecule has 0 spiro atoms. The van der Waals surface area contributed by atoms with Gasteiger partial charge in [-0.15, -0.1) is 0 Å². The summed E-state index contributed by atoms with van der Waals surface area (Å²) in [5, 5.41) is 3.77. The molecule has 0 amide bonds. The van der Waals surface area contributed by atoms with Gasteiger partial charge in [-0.25, -0.2) is 0 Å². The largest absolute Gasteiger partial charge is 0.379 e. The lowest BCUT2D eigenvalue weighted by Gasteiger charge is -2.37. The molecule has 98 valence electrons. The van der Waals surface area contributed by atoms with Crippen LogP contribution in [0.2, 0.25) is 0 Å². The summed E-state index contributed by atoms with van der Waals surface area (Å²) in [6, 6.07) is 0.858. The number of rotatable bonds is 5. The smallest absolute Gasteiger partial charge is 0.0594 e. The molecule has 0 bridgehead atoms. The monoisotopic (exact) mass is 238 g/mol. The quantitative estimate of drug-likeness (QED) is 0.788. The molecular weight excluding hydrogens is 212 g/mol. The van der Waals surface area contributed by atoms with Gasteiger partial charge in [0.25, 0.3) is 0 Å². The summed E-state index contributed by atoms with van der Waals surface area (Å²) >= 11 is 0. The molecule has 3 fully saturated rings. The maximum absolute atomic E-state index is 5.45. The molecule has 1 heterocycles. The lowest BCUT2D eigenvalue weighted by atomic mass is 9.85. The van der Waals surface area contributed by atoms with Gasteiger partial charge in [0.1, 0.15) is 0 Å². The second-order valence-corrected chi connectivity index (χ2v) is 6.25. The van der Waals surface area contributed by atoms with E-state index in [-0.39, 0.29) is 0 Å². The van der Waals surface area contributed by atoms with Crippen molar-refractivity contribution in [1.29, 1.82) is 0 Å². The molecule has 0 unspecified atom stereocenters. The van der Waals surface area contributed by atoms with Crippen molar-refractivity contribution in [3.8, 4) is 0 Å². The molecule has 0 aromatic rings. The van der Waals surface area contributed by atoms with E-state index in [4.69, 9.17) is 4.74 Å². The second kappa shape index (κ2) is 5.25. The lowest BCUT2D eigenvalue weighted by Crippen LogP contribution is -2.47. The van der Waals surface area contributed by atoms with Crippen molar-refractivity contribution < 1.29 is 4.74 Å². The highest BCUT2D eigenvalue weighted by atomic mass is 16.5. The average Bonchev–Trinajstić information content (AvgIpc) is 3.09. The number of hydrogen-bond donors (Lipinski definition) is 1. The van der Waals surface area contributed by atoms with Crippen LogP contribution in [0.25, 0.3) is 0 Å². The topological polar surface area (TPSA) is 24.5 Å². The summed E-state index contributed by atoms with van der Waals surface area (Å²) < 4.78 is 5.45. The fraction of sp³-hybridized carbons (Fsp3) is 1.00. The van der Waals surface area contributed by atoms with Crippen LogP contribution in [0, 0.1) is 5.41 Å². The fourth-order valence-corrected chi connectivity index (χ4v) is 3.40. The predicted octanol–water partition coefficient (Wildman–Crippen LogP) is 1.63. The third-order valence-electron chi connectivity index (χ3n) is 4.67. The van der Waals surface area contributed by atoms with Crippen LogP contribution in [0.1, 0.15) is 38.5 Å². The van der Waals surface area contributed by atoms with Crippen LogP contribution >= 0.6 is 0 Å². The number of hydrogen-bond acceptors (Lipinski definition) is 3. The fourth-order valence-electron chi connectivity index (χ4n) is 3.40. The van der Waals surface area contributed by atoms with Gasteiger partial charge < -0.3 is 10.1 Å². The molecule has 3 heteroatoms. The third kappa shape index (κ3) is 3.21. The molecule has 1 N–H and O–H groups in total. The molecule has 1 saturated heterocycles. The highest BCUT2D eigenvalue weighted by Crippen LogP contribution is 2.39.